The molecule has 206 valence electrons. The Morgan fingerprint density at radius 1 is 1.05 bits per heavy atom. The van der Waals surface area contributed by atoms with Crippen molar-refractivity contribution in [3.8, 4) is 23.0 Å². The van der Waals surface area contributed by atoms with Crippen molar-refractivity contribution >= 4 is 29.1 Å². The highest BCUT2D eigenvalue weighted by Gasteiger charge is 2.46. The first-order valence-corrected chi connectivity index (χ1v) is 12.7. The summed E-state index contributed by atoms with van der Waals surface area (Å²) in [6, 6.07) is 7.12. The number of hydrogen-bond acceptors (Lipinski definition) is 8. The van der Waals surface area contributed by atoms with Crippen molar-refractivity contribution in [3.05, 3.63) is 52.1 Å². The maximum Gasteiger partial charge on any atom is 0.295 e. The van der Waals surface area contributed by atoms with E-state index in [0.29, 0.717) is 48.2 Å². The molecule has 0 saturated carbocycles. The molecule has 2 aromatic rings. The molecule has 1 aliphatic rings. The second-order valence-electron chi connectivity index (χ2n) is 8.80. The van der Waals surface area contributed by atoms with E-state index in [1.807, 2.05) is 20.8 Å². The molecule has 0 spiro atoms. The number of aliphatic hydroxyl groups is 1. The molecule has 1 aliphatic heterocycles. The van der Waals surface area contributed by atoms with E-state index in [0.717, 1.165) is 0 Å². The van der Waals surface area contributed by atoms with E-state index in [1.165, 1.54) is 32.3 Å². The van der Waals surface area contributed by atoms with Gasteiger partial charge in [-0.05, 0) is 63.1 Å². The zero-order valence-corrected chi connectivity index (χ0v) is 23.3. The lowest BCUT2D eigenvalue weighted by Crippen LogP contribution is -2.31. The van der Waals surface area contributed by atoms with Crippen LogP contribution in [0, 0.1) is 0 Å². The van der Waals surface area contributed by atoms with Gasteiger partial charge in [-0.2, -0.15) is 0 Å². The molecule has 9 nitrogen and oxygen atoms in total. The summed E-state index contributed by atoms with van der Waals surface area (Å²) in [5.41, 5.74) is 0.558. The second-order valence-corrected chi connectivity index (χ2v) is 9.21. The van der Waals surface area contributed by atoms with Crippen molar-refractivity contribution in [1.29, 1.82) is 0 Å². The lowest BCUT2D eigenvalue weighted by Gasteiger charge is -2.27. The molecule has 1 N–H and O–H groups in total. The quantitative estimate of drug-likeness (QED) is 0.171. The van der Waals surface area contributed by atoms with E-state index in [1.54, 1.807) is 24.3 Å². The first-order valence-electron chi connectivity index (χ1n) is 12.3. The molecular weight excluding hydrogens is 514 g/mol. The fraction of sp³-hybridized carbons (Fsp3) is 0.429. The number of ether oxygens (including phenoxy) is 5. The molecule has 1 atom stereocenters. The second kappa shape index (κ2) is 12.9. The van der Waals surface area contributed by atoms with E-state index in [-0.39, 0.29) is 28.8 Å². The van der Waals surface area contributed by atoms with Crippen molar-refractivity contribution in [1.82, 2.24) is 4.90 Å². The number of ketones is 1. The van der Waals surface area contributed by atoms with Gasteiger partial charge in [0.1, 0.15) is 11.5 Å². The number of halogens is 1. The Hall–Kier alpha value is -3.43. The number of carbonyl (C=O) groups excluding carboxylic acids is 2. The predicted octanol–water partition coefficient (Wildman–Crippen LogP) is 5.00. The average Bonchev–Trinajstić information content (AvgIpc) is 3.15. The van der Waals surface area contributed by atoms with Crippen molar-refractivity contribution < 1.29 is 38.4 Å². The highest BCUT2D eigenvalue weighted by molar-refractivity contribution is 6.47. The van der Waals surface area contributed by atoms with Crippen LogP contribution >= 0.6 is 11.6 Å². The number of rotatable bonds is 12. The Labute approximate surface area is 227 Å². The molecule has 1 saturated heterocycles. The van der Waals surface area contributed by atoms with Gasteiger partial charge in [-0.1, -0.05) is 11.6 Å². The van der Waals surface area contributed by atoms with Gasteiger partial charge in [-0.3, -0.25) is 9.59 Å². The SMILES string of the molecule is CCOc1ccc(Cl)c(/C(O)=C2\C(=O)C(=O)N(CCCOC(C)C)C2c2cc(OC)c(OC)c(OC)c2)c1. The Bertz CT molecular complexity index is 1180. The lowest BCUT2D eigenvalue weighted by molar-refractivity contribution is -0.140. The fourth-order valence-electron chi connectivity index (χ4n) is 4.36. The third-order valence-corrected chi connectivity index (χ3v) is 6.37. The third-order valence-electron chi connectivity index (χ3n) is 6.04. The van der Waals surface area contributed by atoms with Crippen molar-refractivity contribution in [2.24, 2.45) is 0 Å². The zero-order chi connectivity index (χ0) is 28.0. The van der Waals surface area contributed by atoms with Crippen LogP contribution in [-0.4, -0.2) is 68.9 Å². The minimum absolute atomic E-state index is 0.0241. The molecule has 1 fully saturated rings. The first-order chi connectivity index (χ1) is 18.2. The van der Waals surface area contributed by atoms with Crippen LogP contribution in [0.4, 0.5) is 0 Å². The van der Waals surface area contributed by atoms with Gasteiger partial charge >= 0.3 is 0 Å². The van der Waals surface area contributed by atoms with E-state index < -0.39 is 23.5 Å². The summed E-state index contributed by atoms with van der Waals surface area (Å²) in [4.78, 5) is 28.1. The van der Waals surface area contributed by atoms with Crippen LogP contribution in [0.1, 0.15) is 44.4 Å². The lowest BCUT2D eigenvalue weighted by atomic mass is 9.94. The van der Waals surface area contributed by atoms with E-state index in [2.05, 4.69) is 0 Å². The van der Waals surface area contributed by atoms with Crippen molar-refractivity contribution in [2.75, 3.05) is 41.1 Å². The van der Waals surface area contributed by atoms with Gasteiger partial charge in [-0.15, -0.1) is 0 Å². The van der Waals surface area contributed by atoms with E-state index in [9.17, 15) is 14.7 Å². The van der Waals surface area contributed by atoms with Crippen LogP contribution in [0.5, 0.6) is 23.0 Å². The van der Waals surface area contributed by atoms with Gasteiger partial charge < -0.3 is 33.7 Å². The van der Waals surface area contributed by atoms with Gasteiger partial charge in [0.25, 0.3) is 11.7 Å². The van der Waals surface area contributed by atoms with Gasteiger partial charge in [0.05, 0.1) is 50.7 Å². The number of benzene rings is 2. The topological polar surface area (TPSA) is 104 Å². The predicted molar refractivity (Wildman–Crippen MR) is 143 cm³/mol. The Morgan fingerprint density at radius 3 is 2.26 bits per heavy atom. The summed E-state index contributed by atoms with van der Waals surface area (Å²) in [6.07, 6.45) is 0.503. The summed E-state index contributed by atoms with van der Waals surface area (Å²) >= 11 is 6.42. The molecule has 1 heterocycles. The standard InChI is InChI=1S/C28H34ClNO8/c1-7-37-18-9-10-20(29)19(15-18)25(31)23-24(17-13-21(34-4)27(36-6)22(14-17)35-5)30(28(33)26(23)32)11-8-12-38-16(2)3/h9-10,13-16,24,31H,7-8,11-12H2,1-6H3/b25-23+. The minimum Gasteiger partial charge on any atom is -0.507 e. The van der Waals surface area contributed by atoms with Gasteiger partial charge in [0.15, 0.2) is 11.5 Å². The van der Waals surface area contributed by atoms with Crippen LogP contribution in [0.3, 0.4) is 0 Å². The number of methoxy groups -OCH3 is 3. The summed E-state index contributed by atoms with van der Waals surface area (Å²) in [5.74, 6) is -0.485. The van der Waals surface area contributed by atoms with Crippen LogP contribution in [0.15, 0.2) is 35.9 Å². The molecule has 0 aliphatic carbocycles. The van der Waals surface area contributed by atoms with Gasteiger partial charge in [0.2, 0.25) is 5.75 Å². The van der Waals surface area contributed by atoms with Crippen molar-refractivity contribution in [3.63, 3.8) is 0 Å². The Kier molecular flexibility index (Phi) is 9.88. The summed E-state index contributed by atoms with van der Waals surface area (Å²) in [6.45, 7) is 6.67. The molecule has 10 heteroatoms. The molecule has 1 unspecified atom stereocenters. The highest BCUT2D eigenvalue weighted by atomic mass is 35.5. The summed E-state index contributed by atoms with van der Waals surface area (Å²) in [7, 11) is 4.43. The maximum absolute atomic E-state index is 13.4. The summed E-state index contributed by atoms with van der Waals surface area (Å²) in [5, 5.41) is 11.7. The number of aliphatic hydroxyl groups excluding tert-OH is 1. The molecule has 3 rings (SSSR count). The zero-order valence-electron chi connectivity index (χ0n) is 22.5. The highest BCUT2D eigenvalue weighted by Crippen LogP contribution is 2.46. The number of hydrogen-bond donors (Lipinski definition) is 1. The first kappa shape index (κ1) is 29.1. The van der Waals surface area contributed by atoms with Crippen LogP contribution in [0.25, 0.3) is 5.76 Å². The molecule has 38 heavy (non-hydrogen) atoms. The van der Waals surface area contributed by atoms with Crippen LogP contribution in [-0.2, 0) is 14.3 Å². The van der Waals surface area contributed by atoms with E-state index in [4.69, 9.17) is 35.3 Å². The molecular formula is C28H34ClNO8. The summed E-state index contributed by atoms with van der Waals surface area (Å²) < 4.78 is 27.6. The smallest absolute Gasteiger partial charge is 0.295 e. The Morgan fingerprint density at radius 2 is 1.71 bits per heavy atom. The molecule has 2 aromatic carbocycles. The monoisotopic (exact) mass is 547 g/mol. The number of carbonyl (C=O) groups is 2. The van der Waals surface area contributed by atoms with Crippen LogP contribution in [0.2, 0.25) is 5.02 Å². The maximum atomic E-state index is 13.4. The van der Waals surface area contributed by atoms with Crippen molar-refractivity contribution in [2.45, 2.75) is 39.3 Å². The fourth-order valence-corrected chi connectivity index (χ4v) is 4.56. The van der Waals surface area contributed by atoms with E-state index >= 15 is 0 Å². The average molecular weight is 548 g/mol. The van der Waals surface area contributed by atoms with Crippen LogP contribution < -0.4 is 18.9 Å². The number of likely N-dealkylation sites (tertiary alicyclic amines) is 1. The number of amides is 1. The normalized spacial score (nSPS) is 16.7. The van der Waals surface area contributed by atoms with Gasteiger partial charge in [-0.25, -0.2) is 0 Å². The molecule has 0 aromatic heterocycles. The minimum atomic E-state index is -0.949. The number of nitrogens with zero attached hydrogens (tertiary/aromatic N) is 1. The molecule has 1 amide bonds. The largest absolute Gasteiger partial charge is 0.507 e. The number of Topliss-reactive ketones (excluding diaryl/α,β-unsaturated/α-hetero) is 1. The molecule has 0 bridgehead atoms. The third kappa shape index (κ3) is 6.00. The molecule has 0 radical (unpaired) electrons. The Balaban J connectivity index is 2.21. The van der Waals surface area contributed by atoms with Gasteiger partial charge in [0, 0.05) is 18.7 Å².